The highest BCUT2D eigenvalue weighted by atomic mass is 32.1. The molecule has 0 radical (unpaired) electrons. The Hall–Kier alpha value is -1.65. The molecule has 0 bridgehead atoms. The Morgan fingerprint density at radius 2 is 2.05 bits per heavy atom. The third-order valence-corrected chi connectivity index (χ3v) is 4.82. The molecule has 1 aromatic heterocycles. The fraction of sp³-hybridized carbons (Fsp3) is 0.389. The van der Waals surface area contributed by atoms with E-state index in [1.165, 1.54) is 16.0 Å². The van der Waals surface area contributed by atoms with Gasteiger partial charge in [0.2, 0.25) is 5.91 Å². The number of nitrogens with zero attached hydrogens (tertiary/aromatic N) is 1. The summed E-state index contributed by atoms with van der Waals surface area (Å²) in [6, 6.07) is 10.0. The number of nitrogens with one attached hydrogen (secondary N) is 1. The van der Waals surface area contributed by atoms with Gasteiger partial charge in [0, 0.05) is 11.4 Å². The molecular weight excluding hydrogens is 292 g/mol. The lowest BCUT2D eigenvalue weighted by molar-refractivity contribution is -0.125. The first kappa shape index (κ1) is 16.7. The van der Waals surface area contributed by atoms with Crippen molar-refractivity contribution in [3.8, 4) is 0 Å². The number of likely N-dealkylation sites (N-methyl/N-ethyl adjacent to an activating group) is 1. The number of amides is 1. The molecule has 0 aliphatic rings. The zero-order valence-corrected chi connectivity index (χ0v) is 14.5. The van der Waals surface area contributed by atoms with Crippen LogP contribution >= 0.6 is 11.3 Å². The van der Waals surface area contributed by atoms with Crippen molar-refractivity contribution in [3.63, 3.8) is 0 Å². The van der Waals surface area contributed by atoms with Gasteiger partial charge in [0.25, 0.3) is 0 Å². The van der Waals surface area contributed by atoms with E-state index in [9.17, 15) is 4.79 Å². The highest BCUT2D eigenvalue weighted by Gasteiger charge is 2.22. The van der Waals surface area contributed by atoms with Crippen molar-refractivity contribution < 1.29 is 4.79 Å². The van der Waals surface area contributed by atoms with Crippen LogP contribution in [0.3, 0.4) is 0 Å². The van der Waals surface area contributed by atoms with E-state index in [0.717, 1.165) is 12.0 Å². The van der Waals surface area contributed by atoms with Crippen molar-refractivity contribution in [2.24, 2.45) is 0 Å². The van der Waals surface area contributed by atoms with E-state index < -0.39 is 0 Å². The summed E-state index contributed by atoms with van der Waals surface area (Å²) in [6.07, 6.45) is 0.892. The minimum absolute atomic E-state index is 0.0600. The molecule has 0 spiro atoms. The fourth-order valence-electron chi connectivity index (χ4n) is 2.58. The van der Waals surface area contributed by atoms with Crippen LogP contribution in [0.4, 0.5) is 0 Å². The van der Waals surface area contributed by atoms with Crippen molar-refractivity contribution in [1.29, 1.82) is 0 Å². The van der Waals surface area contributed by atoms with Gasteiger partial charge < -0.3 is 5.32 Å². The van der Waals surface area contributed by atoms with Crippen molar-refractivity contribution in [2.75, 3.05) is 20.6 Å². The first-order valence-electron chi connectivity index (χ1n) is 7.52. The molecule has 0 saturated carbocycles. The predicted molar refractivity (Wildman–Crippen MR) is 93.4 cm³/mol. The monoisotopic (exact) mass is 316 g/mol. The molecule has 1 aromatic carbocycles. The second-order valence-electron chi connectivity index (χ2n) is 5.85. The Morgan fingerprint density at radius 1 is 1.27 bits per heavy atom. The van der Waals surface area contributed by atoms with Gasteiger partial charge in [-0.25, -0.2) is 0 Å². The van der Waals surface area contributed by atoms with Crippen LogP contribution in [0.5, 0.6) is 0 Å². The third kappa shape index (κ3) is 4.18. The number of benzene rings is 1. The summed E-state index contributed by atoms with van der Waals surface area (Å²) in [7, 11) is 3.88. The van der Waals surface area contributed by atoms with Gasteiger partial charge in [-0.2, -0.15) is 0 Å². The summed E-state index contributed by atoms with van der Waals surface area (Å²) in [5.41, 5.74) is 3.52. The number of rotatable bonds is 6. The number of aryl methyl sites for hydroxylation is 2. The van der Waals surface area contributed by atoms with Crippen LogP contribution < -0.4 is 5.32 Å². The van der Waals surface area contributed by atoms with Gasteiger partial charge in [-0.1, -0.05) is 29.8 Å². The van der Waals surface area contributed by atoms with E-state index in [0.29, 0.717) is 6.54 Å². The smallest absolute Gasteiger partial charge is 0.241 e. The first-order valence-corrected chi connectivity index (χ1v) is 8.40. The fourth-order valence-corrected chi connectivity index (χ4v) is 3.49. The van der Waals surface area contributed by atoms with Gasteiger partial charge in [0.1, 0.15) is 6.04 Å². The maximum Gasteiger partial charge on any atom is 0.241 e. The van der Waals surface area contributed by atoms with E-state index in [1.54, 1.807) is 11.3 Å². The van der Waals surface area contributed by atoms with Gasteiger partial charge in [-0.15, -0.1) is 11.3 Å². The molecule has 2 rings (SSSR count). The van der Waals surface area contributed by atoms with Gasteiger partial charge in [0.15, 0.2) is 0 Å². The van der Waals surface area contributed by atoms with Gasteiger partial charge >= 0.3 is 0 Å². The Morgan fingerprint density at radius 3 is 2.64 bits per heavy atom. The molecule has 0 aliphatic heterocycles. The molecule has 3 nitrogen and oxygen atoms in total. The SMILES string of the molecule is Cc1cccc(C(C(=O)NCCc2sccc2C)N(C)C)c1. The van der Waals surface area contributed by atoms with Gasteiger partial charge in [-0.3, -0.25) is 9.69 Å². The van der Waals surface area contributed by atoms with Gasteiger partial charge in [0.05, 0.1) is 0 Å². The molecule has 0 fully saturated rings. The minimum Gasteiger partial charge on any atom is -0.354 e. The molecular formula is C18H24N2OS. The van der Waals surface area contributed by atoms with E-state index in [2.05, 4.69) is 29.8 Å². The predicted octanol–water partition coefficient (Wildman–Crippen LogP) is 3.33. The first-order chi connectivity index (χ1) is 10.5. The number of hydrogen-bond donors (Lipinski definition) is 1. The molecule has 1 atom stereocenters. The van der Waals surface area contributed by atoms with Gasteiger partial charge in [-0.05, 0) is 56.9 Å². The third-order valence-electron chi connectivity index (χ3n) is 3.74. The summed E-state index contributed by atoms with van der Waals surface area (Å²) in [6.45, 7) is 4.84. The summed E-state index contributed by atoms with van der Waals surface area (Å²) < 4.78 is 0. The summed E-state index contributed by atoms with van der Waals surface area (Å²) in [4.78, 5) is 15.9. The Balaban J connectivity index is 2.00. The second kappa shape index (κ2) is 7.56. The molecule has 1 N–H and O–H groups in total. The van der Waals surface area contributed by atoms with Crippen LogP contribution in [-0.2, 0) is 11.2 Å². The zero-order chi connectivity index (χ0) is 16.1. The van der Waals surface area contributed by atoms with Crippen molar-refractivity contribution in [3.05, 3.63) is 57.3 Å². The van der Waals surface area contributed by atoms with E-state index in [1.807, 2.05) is 44.1 Å². The van der Waals surface area contributed by atoms with Crippen LogP contribution in [0.2, 0.25) is 0 Å². The zero-order valence-electron chi connectivity index (χ0n) is 13.7. The molecule has 4 heteroatoms. The van der Waals surface area contributed by atoms with Crippen LogP contribution in [-0.4, -0.2) is 31.4 Å². The lowest BCUT2D eigenvalue weighted by Gasteiger charge is -2.24. The maximum atomic E-state index is 12.6. The molecule has 118 valence electrons. The Labute approximate surface area is 137 Å². The van der Waals surface area contributed by atoms with Crippen molar-refractivity contribution >= 4 is 17.2 Å². The normalized spacial score (nSPS) is 12.4. The average Bonchev–Trinajstić information content (AvgIpc) is 2.84. The minimum atomic E-state index is -0.246. The number of carbonyl (C=O) groups excluding carboxylic acids is 1. The maximum absolute atomic E-state index is 12.6. The van der Waals surface area contributed by atoms with Crippen molar-refractivity contribution in [2.45, 2.75) is 26.3 Å². The number of thiophene rings is 1. The lowest BCUT2D eigenvalue weighted by atomic mass is 10.0. The Kier molecular flexibility index (Phi) is 5.75. The Bertz CT molecular complexity index is 634. The molecule has 1 amide bonds. The van der Waals surface area contributed by atoms with Crippen LogP contribution in [0.25, 0.3) is 0 Å². The molecule has 0 aliphatic carbocycles. The molecule has 2 aromatic rings. The summed E-state index contributed by atoms with van der Waals surface area (Å²) in [5.74, 6) is 0.0600. The molecule has 22 heavy (non-hydrogen) atoms. The lowest BCUT2D eigenvalue weighted by Crippen LogP contribution is -2.37. The van der Waals surface area contributed by atoms with E-state index in [-0.39, 0.29) is 11.9 Å². The summed E-state index contributed by atoms with van der Waals surface area (Å²) >= 11 is 1.75. The average molecular weight is 316 g/mol. The highest BCUT2D eigenvalue weighted by Crippen LogP contribution is 2.20. The topological polar surface area (TPSA) is 32.3 Å². The van der Waals surface area contributed by atoms with Crippen LogP contribution in [0.1, 0.15) is 27.6 Å². The standard InChI is InChI=1S/C18H24N2OS/c1-13-6-5-7-15(12-13)17(20(3)4)18(21)19-10-8-16-14(2)9-11-22-16/h5-7,9,11-12,17H,8,10H2,1-4H3,(H,19,21). The second-order valence-corrected chi connectivity index (χ2v) is 6.85. The number of carbonyl (C=O) groups is 1. The van der Waals surface area contributed by atoms with Crippen LogP contribution in [0.15, 0.2) is 35.7 Å². The summed E-state index contributed by atoms with van der Waals surface area (Å²) in [5, 5.41) is 5.17. The van der Waals surface area contributed by atoms with E-state index in [4.69, 9.17) is 0 Å². The molecule has 1 unspecified atom stereocenters. The van der Waals surface area contributed by atoms with Crippen LogP contribution in [0, 0.1) is 13.8 Å². The molecule has 1 heterocycles. The highest BCUT2D eigenvalue weighted by molar-refractivity contribution is 7.10. The molecule has 0 saturated heterocycles. The largest absolute Gasteiger partial charge is 0.354 e. The van der Waals surface area contributed by atoms with Crippen molar-refractivity contribution in [1.82, 2.24) is 10.2 Å². The quantitative estimate of drug-likeness (QED) is 0.886. The number of hydrogen-bond acceptors (Lipinski definition) is 3. The van der Waals surface area contributed by atoms with E-state index >= 15 is 0 Å².